The Kier molecular flexibility index (Phi) is 4.08. The lowest BCUT2D eigenvalue weighted by atomic mass is 9.87. The zero-order valence-electron chi connectivity index (χ0n) is 14.7. The monoisotopic (exact) mass is 387 g/mol. The van der Waals surface area contributed by atoms with Crippen molar-refractivity contribution in [1.29, 1.82) is 0 Å². The first-order valence-electron chi connectivity index (χ1n) is 8.80. The van der Waals surface area contributed by atoms with Crippen LogP contribution in [0, 0.1) is 0 Å². The van der Waals surface area contributed by atoms with Gasteiger partial charge in [-0.05, 0) is 49.3 Å². The lowest BCUT2D eigenvalue weighted by Crippen LogP contribution is -2.58. The Labute approximate surface area is 157 Å². The molecule has 5 N–H and O–H groups in total. The molecule has 0 atom stereocenters. The summed E-state index contributed by atoms with van der Waals surface area (Å²) >= 11 is 0. The molecule has 1 saturated carbocycles. The van der Waals surface area contributed by atoms with E-state index in [0.29, 0.717) is 10.8 Å². The van der Waals surface area contributed by atoms with Gasteiger partial charge in [-0.2, -0.15) is 13.4 Å². The van der Waals surface area contributed by atoms with E-state index < -0.39 is 15.8 Å². The van der Waals surface area contributed by atoms with E-state index in [1.165, 1.54) is 6.07 Å². The predicted molar refractivity (Wildman–Crippen MR) is 105 cm³/mol. The molecule has 142 valence electrons. The zero-order valence-corrected chi connectivity index (χ0v) is 15.5. The summed E-state index contributed by atoms with van der Waals surface area (Å²) < 4.78 is 32.7. The fourth-order valence-corrected chi connectivity index (χ4v) is 4.81. The largest absolute Gasteiger partial charge is 0.369 e. The van der Waals surface area contributed by atoms with Crippen molar-refractivity contribution in [2.45, 2.75) is 42.7 Å². The molecule has 2 aliphatic rings. The van der Waals surface area contributed by atoms with Crippen molar-refractivity contribution in [1.82, 2.24) is 0 Å². The smallest absolute Gasteiger partial charge is 0.295 e. The molecule has 0 bridgehead atoms. The minimum absolute atomic E-state index is 0.124. The molecule has 0 aromatic heterocycles. The molecule has 0 amide bonds. The number of aliphatic imine (C=N–C) groups is 2. The van der Waals surface area contributed by atoms with Gasteiger partial charge in [0.1, 0.15) is 10.6 Å². The van der Waals surface area contributed by atoms with E-state index in [9.17, 15) is 13.0 Å². The Balaban J connectivity index is 1.87. The molecule has 1 aliphatic heterocycles. The molecule has 8 nitrogen and oxygen atoms in total. The topological polar surface area (TPSA) is 134 Å². The van der Waals surface area contributed by atoms with Gasteiger partial charge in [0.15, 0.2) is 0 Å². The third kappa shape index (κ3) is 3.02. The highest BCUT2D eigenvalue weighted by atomic mass is 32.2. The first-order valence-corrected chi connectivity index (χ1v) is 10.2. The van der Waals surface area contributed by atoms with Gasteiger partial charge in [0.2, 0.25) is 11.9 Å². The van der Waals surface area contributed by atoms with Crippen molar-refractivity contribution >= 4 is 38.5 Å². The number of nitrogens with two attached hydrogens (primary N) is 2. The number of anilines is 1. The minimum atomic E-state index is -4.31. The average molecular weight is 387 g/mol. The molecule has 27 heavy (non-hydrogen) atoms. The van der Waals surface area contributed by atoms with E-state index in [2.05, 4.69) is 9.98 Å². The highest BCUT2D eigenvalue weighted by Gasteiger charge is 2.42. The standard InChI is InChI=1S/C18H21N5O3S/c19-16-21-17(20)23(18(22-16)9-2-1-3-10-18)13-7-8-14-12(11-13)5-4-6-15(14)27(24,25)26/h4-8,11H,1-3,9-10H2,(H,24,25,26)(H4,19,20,21,22). The first kappa shape index (κ1) is 17.7. The van der Waals surface area contributed by atoms with Crippen LogP contribution in [-0.4, -0.2) is 30.6 Å². The molecule has 1 aliphatic carbocycles. The number of benzene rings is 2. The third-order valence-electron chi connectivity index (χ3n) is 5.21. The summed E-state index contributed by atoms with van der Waals surface area (Å²) in [5, 5.41) is 1.11. The summed E-state index contributed by atoms with van der Waals surface area (Å²) in [7, 11) is -4.31. The van der Waals surface area contributed by atoms with Crippen molar-refractivity contribution in [3.8, 4) is 0 Å². The van der Waals surface area contributed by atoms with Crippen LogP contribution >= 0.6 is 0 Å². The molecule has 1 heterocycles. The number of fused-ring (bicyclic) bond motifs is 1. The number of hydrogen-bond donors (Lipinski definition) is 3. The zero-order chi connectivity index (χ0) is 19.2. The molecule has 9 heteroatoms. The lowest BCUT2D eigenvalue weighted by Gasteiger charge is -2.45. The first-order chi connectivity index (χ1) is 12.8. The summed E-state index contributed by atoms with van der Waals surface area (Å²) in [6.45, 7) is 0. The van der Waals surface area contributed by atoms with Gasteiger partial charge in [0.25, 0.3) is 10.1 Å². The maximum atomic E-state index is 11.6. The molecule has 4 rings (SSSR count). The minimum Gasteiger partial charge on any atom is -0.369 e. The van der Waals surface area contributed by atoms with Crippen LogP contribution in [0.1, 0.15) is 32.1 Å². The van der Waals surface area contributed by atoms with Crippen LogP contribution in [0.2, 0.25) is 0 Å². The van der Waals surface area contributed by atoms with Crippen LogP contribution in [0.4, 0.5) is 5.69 Å². The van der Waals surface area contributed by atoms with Gasteiger partial charge in [-0.3, -0.25) is 9.45 Å². The summed E-state index contributed by atoms with van der Waals surface area (Å²) in [5.41, 5.74) is 12.3. The van der Waals surface area contributed by atoms with Crippen LogP contribution in [0.15, 0.2) is 51.3 Å². The molecule has 2 aromatic rings. The summed E-state index contributed by atoms with van der Waals surface area (Å²) in [5.74, 6) is 0.454. The van der Waals surface area contributed by atoms with E-state index in [4.69, 9.17) is 11.5 Å². The Morgan fingerprint density at radius 3 is 2.52 bits per heavy atom. The fraction of sp³-hybridized carbons (Fsp3) is 0.333. The van der Waals surface area contributed by atoms with Gasteiger partial charge in [-0.15, -0.1) is 0 Å². The molecular weight excluding hydrogens is 366 g/mol. The molecule has 1 spiro atoms. The van der Waals surface area contributed by atoms with Gasteiger partial charge in [-0.1, -0.05) is 24.6 Å². The van der Waals surface area contributed by atoms with Crippen molar-refractivity contribution < 1.29 is 13.0 Å². The molecule has 0 unspecified atom stereocenters. The van der Waals surface area contributed by atoms with Crippen LogP contribution in [0.25, 0.3) is 10.8 Å². The number of rotatable bonds is 2. The van der Waals surface area contributed by atoms with Crippen LogP contribution in [0.5, 0.6) is 0 Å². The van der Waals surface area contributed by atoms with E-state index in [-0.39, 0.29) is 16.8 Å². The molecule has 1 fully saturated rings. The van der Waals surface area contributed by atoms with Crippen molar-refractivity contribution in [2.24, 2.45) is 21.5 Å². The number of nitrogens with zero attached hydrogens (tertiary/aromatic N) is 3. The van der Waals surface area contributed by atoms with Crippen LogP contribution in [0.3, 0.4) is 0 Å². The SMILES string of the molecule is NC1=NC2(CCCCC2)N(c2ccc3c(S(=O)(=O)O)cccc3c2)C(N)=N1. The maximum absolute atomic E-state index is 11.6. The normalized spacial score (nSPS) is 19.8. The van der Waals surface area contributed by atoms with Crippen molar-refractivity contribution in [2.75, 3.05) is 4.90 Å². The Hall–Kier alpha value is -2.65. The van der Waals surface area contributed by atoms with E-state index in [1.807, 2.05) is 11.0 Å². The summed E-state index contributed by atoms with van der Waals surface area (Å²) in [4.78, 5) is 10.5. The van der Waals surface area contributed by atoms with Gasteiger partial charge >= 0.3 is 0 Å². The van der Waals surface area contributed by atoms with E-state index >= 15 is 0 Å². The molecule has 0 saturated heterocycles. The lowest BCUT2D eigenvalue weighted by molar-refractivity contribution is 0.305. The van der Waals surface area contributed by atoms with E-state index in [0.717, 1.165) is 37.8 Å². The van der Waals surface area contributed by atoms with Gasteiger partial charge in [0.05, 0.1) is 0 Å². The van der Waals surface area contributed by atoms with Gasteiger partial charge in [0, 0.05) is 11.1 Å². The summed E-state index contributed by atoms with van der Waals surface area (Å²) in [6, 6.07) is 10.0. The predicted octanol–water partition coefficient (Wildman–Crippen LogP) is 2.20. The fourth-order valence-electron chi connectivity index (χ4n) is 4.10. The molecular formula is C18H21N5O3S. The number of guanidine groups is 2. The average Bonchev–Trinajstić information content (AvgIpc) is 2.60. The second kappa shape index (κ2) is 6.21. The maximum Gasteiger partial charge on any atom is 0.295 e. The Morgan fingerprint density at radius 1 is 1.07 bits per heavy atom. The van der Waals surface area contributed by atoms with Crippen LogP contribution < -0.4 is 16.4 Å². The highest BCUT2D eigenvalue weighted by Crippen LogP contribution is 2.40. The number of hydrogen-bond acceptors (Lipinski definition) is 7. The van der Waals surface area contributed by atoms with Crippen molar-refractivity contribution in [3.63, 3.8) is 0 Å². The van der Waals surface area contributed by atoms with Gasteiger partial charge < -0.3 is 11.5 Å². The van der Waals surface area contributed by atoms with Gasteiger partial charge in [-0.25, -0.2) is 4.99 Å². The van der Waals surface area contributed by atoms with E-state index in [1.54, 1.807) is 24.3 Å². The quantitative estimate of drug-likeness (QED) is 0.676. The second-order valence-electron chi connectivity index (χ2n) is 6.96. The van der Waals surface area contributed by atoms with Crippen molar-refractivity contribution in [3.05, 3.63) is 36.4 Å². The second-order valence-corrected chi connectivity index (χ2v) is 8.35. The third-order valence-corrected chi connectivity index (χ3v) is 6.12. The Morgan fingerprint density at radius 2 is 1.81 bits per heavy atom. The van der Waals surface area contributed by atoms with Crippen LogP contribution in [-0.2, 0) is 10.1 Å². The highest BCUT2D eigenvalue weighted by molar-refractivity contribution is 7.86. The molecule has 0 radical (unpaired) electrons. The molecule has 2 aromatic carbocycles. The Bertz CT molecular complexity index is 1070. The summed E-state index contributed by atoms with van der Waals surface area (Å²) in [6.07, 6.45) is 4.79.